The average Bonchev–Trinajstić information content (AvgIpc) is 2.45. The van der Waals surface area contributed by atoms with E-state index in [0.29, 0.717) is 6.42 Å². The third kappa shape index (κ3) is 5.91. The summed E-state index contributed by atoms with van der Waals surface area (Å²) >= 11 is 0. The molecule has 0 bridgehead atoms. The van der Waals surface area contributed by atoms with Crippen molar-refractivity contribution in [2.45, 2.75) is 58.9 Å². The summed E-state index contributed by atoms with van der Waals surface area (Å²) in [5.74, 6) is -0.177. The first kappa shape index (κ1) is 20.6. The Labute approximate surface area is 146 Å². The van der Waals surface area contributed by atoms with Gasteiger partial charge in [-0.1, -0.05) is 45.9 Å². The molecular weight excluding hydrogens is 324 g/mol. The van der Waals surface area contributed by atoms with Crippen molar-refractivity contribution in [3.8, 4) is 0 Å². The molecule has 0 fully saturated rings. The van der Waals surface area contributed by atoms with Crippen molar-refractivity contribution in [2.75, 3.05) is 18.1 Å². The molecule has 0 aliphatic rings. The Morgan fingerprint density at radius 2 is 1.83 bits per heavy atom. The van der Waals surface area contributed by atoms with Crippen LogP contribution in [-0.2, 0) is 20.2 Å². The minimum absolute atomic E-state index is 0.0839. The Balaban J connectivity index is 2.81. The number of sulfonamides is 1. The molecule has 1 aromatic rings. The van der Waals surface area contributed by atoms with Gasteiger partial charge in [0.1, 0.15) is 0 Å². The summed E-state index contributed by atoms with van der Waals surface area (Å²) in [6.45, 7) is 10.2. The monoisotopic (exact) mass is 354 g/mol. The van der Waals surface area contributed by atoms with Crippen molar-refractivity contribution < 1.29 is 13.2 Å². The van der Waals surface area contributed by atoms with E-state index in [4.69, 9.17) is 0 Å². The third-order valence-corrected chi connectivity index (χ3v) is 5.47. The van der Waals surface area contributed by atoms with Crippen LogP contribution in [0.4, 0.5) is 5.69 Å². The van der Waals surface area contributed by atoms with Gasteiger partial charge in [0.15, 0.2) is 0 Å². The Bertz CT molecular complexity index is 663. The lowest BCUT2D eigenvalue weighted by Crippen LogP contribution is -2.39. The normalized spacial score (nSPS) is 13.8. The van der Waals surface area contributed by atoms with Crippen LogP contribution >= 0.6 is 0 Å². The third-order valence-electron chi connectivity index (χ3n) is 4.08. The van der Waals surface area contributed by atoms with Crippen LogP contribution in [0.2, 0.25) is 0 Å². The molecule has 1 unspecified atom stereocenters. The predicted molar refractivity (Wildman–Crippen MR) is 99.7 cm³/mol. The van der Waals surface area contributed by atoms with Crippen LogP contribution in [0.25, 0.3) is 0 Å². The van der Waals surface area contributed by atoms with E-state index in [1.54, 1.807) is 0 Å². The van der Waals surface area contributed by atoms with Crippen LogP contribution in [0.5, 0.6) is 0 Å². The highest BCUT2D eigenvalue weighted by Crippen LogP contribution is 2.29. The summed E-state index contributed by atoms with van der Waals surface area (Å²) in [5, 5.41) is 2.92. The van der Waals surface area contributed by atoms with Gasteiger partial charge in [0.05, 0.1) is 6.26 Å². The molecule has 0 saturated heterocycles. The zero-order valence-corrected chi connectivity index (χ0v) is 16.4. The fraction of sp³-hybridized carbons (Fsp3) is 0.611. The fourth-order valence-electron chi connectivity index (χ4n) is 2.59. The van der Waals surface area contributed by atoms with E-state index in [1.165, 1.54) is 10.6 Å². The van der Waals surface area contributed by atoms with Gasteiger partial charge >= 0.3 is 0 Å². The highest BCUT2D eigenvalue weighted by atomic mass is 32.2. The second kappa shape index (κ2) is 8.12. The second-order valence-electron chi connectivity index (χ2n) is 7.22. The molecular formula is C18H30N2O3S. The molecule has 0 aromatic heterocycles. The topological polar surface area (TPSA) is 66.5 Å². The molecule has 1 atom stereocenters. The van der Waals surface area contributed by atoms with Gasteiger partial charge < -0.3 is 5.32 Å². The van der Waals surface area contributed by atoms with Gasteiger partial charge in [0.2, 0.25) is 15.9 Å². The van der Waals surface area contributed by atoms with Gasteiger partial charge in [-0.3, -0.25) is 4.79 Å². The number of hydrogen-bond acceptors (Lipinski definition) is 3. The molecule has 0 saturated carbocycles. The zero-order valence-electron chi connectivity index (χ0n) is 15.6. The van der Waals surface area contributed by atoms with Crippen LogP contribution in [-0.4, -0.2) is 37.5 Å². The maximum absolute atomic E-state index is 12.3. The fourth-order valence-corrected chi connectivity index (χ4v) is 3.81. The van der Waals surface area contributed by atoms with Crippen molar-refractivity contribution in [1.82, 2.24) is 4.31 Å². The second-order valence-corrected chi connectivity index (χ2v) is 9.16. The van der Waals surface area contributed by atoms with Crippen molar-refractivity contribution in [2.24, 2.45) is 0 Å². The van der Waals surface area contributed by atoms with Gasteiger partial charge in [-0.25, -0.2) is 8.42 Å². The van der Waals surface area contributed by atoms with Crippen molar-refractivity contribution in [3.05, 3.63) is 29.8 Å². The lowest BCUT2D eigenvalue weighted by Gasteiger charge is -2.26. The van der Waals surface area contributed by atoms with Crippen LogP contribution in [0.15, 0.2) is 24.3 Å². The number of amides is 1. The number of carbonyl (C=O) groups excluding carboxylic acids is 1. The van der Waals surface area contributed by atoms with Crippen LogP contribution in [0.1, 0.15) is 53.0 Å². The highest BCUT2D eigenvalue weighted by Gasteiger charge is 2.23. The quantitative estimate of drug-likeness (QED) is 0.816. The maximum Gasteiger partial charge on any atom is 0.225 e. The zero-order chi connectivity index (χ0) is 18.5. The van der Waals surface area contributed by atoms with E-state index in [2.05, 4.69) is 26.1 Å². The molecule has 1 rings (SSSR count). The lowest BCUT2D eigenvalue weighted by molar-refractivity contribution is -0.116. The average molecular weight is 355 g/mol. The van der Waals surface area contributed by atoms with Gasteiger partial charge in [-0.05, 0) is 30.4 Å². The number of hydrogen-bond donors (Lipinski definition) is 1. The number of rotatable bonds is 7. The summed E-state index contributed by atoms with van der Waals surface area (Å²) in [6, 6.07) is 7.59. The minimum Gasteiger partial charge on any atom is -0.326 e. The number of nitrogens with one attached hydrogen (secondary N) is 1. The van der Waals surface area contributed by atoms with E-state index in [0.717, 1.165) is 11.3 Å². The Morgan fingerprint density at radius 1 is 1.25 bits per heavy atom. The SMILES string of the molecule is CCC(C)N(CCC(=O)Nc1ccccc1C(C)(C)C)S(C)(=O)=O. The van der Waals surface area contributed by atoms with E-state index in [-0.39, 0.29) is 30.3 Å². The highest BCUT2D eigenvalue weighted by molar-refractivity contribution is 7.88. The first-order valence-electron chi connectivity index (χ1n) is 8.33. The first-order chi connectivity index (χ1) is 11.0. The maximum atomic E-state index is 12.3. The molecule has 0 aliphatic heterocycles. The van der Waals surface area contributed by atoms with Gasteiger partial charge in [0.25, 0.3) is 0 Å². The summed E-state index contributed by atoms with van der Waals surface area (Å²) in [5.41, 5.74) is 1.75. The molecule has 24 heavy (non-hydrogen) atoms. The molecule has 0 heterocycles. The Kier molecular flexibility index (Phi) is 6.98. The number of anilines is 1. The Hall–Kier alpha value is -1.40. The molecule has 0 aliphatic carbocycles. The molecule has 136 valence electrons. The largest absolute Gasteiger partial charge is 0.326 e. The number of benzene rings is 1. The summed E-state index contributed by atoms with van der Waals surface area (Å²) in [6.07, 6.45) is 2.03. The van der Waals surface area contributed by atoms with Gasteiger partial charge in [-0.15, -0.1) is 0 Å². The van der Waals surface area contributed by atoms with E-state index >= 15 is 0 Å². The molecule has 5 nitrogen and oxygen atoms in total. The van der Waals surface area contributed by atoms with Crippen molar-refractivity contribution in [1.29, 1.82) is 0 Å². The summed E-state index contributed by atoms with van der Waals surface area (Å²) in [7, 11) is -3.32. The van der Waals surface area contributed by atoms with Crippen LogP contribution in [0.3, 0.4) is 0 Å². The first-order valence-corrected chi connectivity index (χ1v) is 10.2. The van der Waals surface area contributed by atoms with Gasteiger partial charge in [-0.2, -0.15) is 4.31 Å². The number of nitrogens with zero attached hydrogens (tertiary/aromatic N) is 1. The van der Waals surface area contributed by atoms with E-state index in [1.807, 2.05) is 38.1 Å². The molecule has 1 N–H and O–H groups in total. The number of para-hydroxylation sites is 1. The van der Waals surface area contributed by atoms with Crippen LogP contribution in [0, 0.1) is 0 Å². The molecule has 1 amide bonds. The molecule has 1 aromatic carbocycles. The van der Waals surface area contributed by atoms with Gasteiger partial charge in [0, 0.05) is 24.7 Å². The smallest absolute Gasteiger partial charge is 0.225 e. The lowest BCUT2D eigenvalue weighted by atomic mass is 9.86. The minimum atomic E-state index is -3.32. The van der Waals surface area contributed by atoms with E-state index in [9.17, 15) is 13.2 Å². The summed E-state index contributed by atoms with van der Waals surface area (Å²) < 4.78 is 25.2. The van der Waals surface area contributed by atoms with Crippen LogP contribution < -0.4 is 5.32 Å². The molecule has 0 spiro atoms. The molecule has 0 radical (unpaired) electrons. The van der Waals surface area contributed by atoms with E-state index < -0.39 is 10.0 Å². The standard InChI is InChI=1S/C18H30N2O3S/c1-7-14(2)20(24(6,22)23)13-12-17(21)19-16-11-9-8-10-15(16)18(3,4)5/h8-11,14H,7,12-13H2,1-6H3,(H,19,21). The number of carbonyl (C=O) groups is 1. The predicted octanol–water partition coefficient (Wildman–Crippen LogP) is 3.37. The van der Waals surface area contributed by atoms with Crippen molar-refractivity contribution >= 4 is 21.6 Å². The summed E-state index contributed by atoms with van der Waals surface area (Å²) in [4.78, 5) is 12.3. The molecule has 6 heteroatoms. The van der Waals surface area contributed by atoms with Crippen molar-refractivity contribution in [3.63, 3.8) is 0 Å². The Morgan fingerprint density at radius 3 is 2.33 bits per heavy atom.